The highest BCUT2D eigenvalue weighted by Crippen LogP contribution is 2.29. The Morgan fingerprint density at radius 2 is 1.90 bits per heavy atom. The van der Waals surface area contributed by atoms with Crippen molar-refractivity contribution < 1.29 is 5.11 Å². The number of rotatable bonds is 2. The number of phenolic OH excluding ortho intramolecular Hbond substituents is 1. The lowest BCUT2D eigenvalue weighted by Crippen LogP contribution is -1.83. The van der Waals surface area contributed by atoms with Crippen LogP contribution in [0.15, 0.2) is 40.9 Å². The van der Waals surface area contributed by atoms with Crippen LogP contribution in [0.5, 0.6) is 5.75 Å². The number of phenols is 1. The molecule has 0 heterocycles. The van der Waals surface area contributed by atoms with Crippen LogP contribution in [0.4, 0.5) is 0 Å². The second-order valence-electron chi connectivity index (χ2n) is 4.01. The average Bonchev–Trinajstić information content (AvgIpc) is 2.43. The Kier molecular flexibility index (Phi) is 4.72. The minimum absolute atomic E-state index is 0.148. The van der Waals surface area contributed by atoms with Crippen molar-refractivity contribution in [2.45, 2.75) is 0 Å². The van der Waals surface area contributed by atoms with Crippen LogP contribution in [0.3, 0.4) is 0 Å². The quantitative estimate of drug-likeness (QED) is 0.559. The largest absolute Gasteiger partial charge is 0.507 e. The van der Waals surface area contributed by atoms with Gasteiger partial charge in [0.1, 0.15) is 5.75 Å². The molecule has 2 aromatic rings. The number of hydrogen-bond acceptors (Lipinski definition) is 2. The number of aromatic hydroxyl groups is 1. The Hall–Kier alpha value is -1.47. The van der Waals surface area contributed by atoms with Crippen molar-refractivity contribution in [3.8, 4) is 11.8 Å². The molecule has 0 aliphatic heterocycles. The fraction of sp³-hybridized carbons (Fsp3) is 0. The van der Waals surface area contributed by atoms with E-state index in [9.17, 15) is 10.4 Å². The molecule has 0 unspecified atom stereocenters. The Morgan fingerprint density at radius 3 is 2.50 bits per heavy atom. The Bertz CT molecular complexity index is 735. The van der Waals surface area contributed by atoms with Crippen LogP contribution < -0.4 is 0 Å². The highest BCUT2D eigenvalue weighted by atomic mass is 79.9. The maximum absolute atomic E-state index is 9.45. The molecule has 2 aromatic carbocycles. The molecule has 0 spiro atoms. The predicted molar refractivity (Wildman–Crippen MR) is 85.8 cm³/mol. The van der Waals surface area contributed by atoms with Gasteiger partial charge in [-0.05, 0) is 57.4 Å². The van der Waals surface area contributed by atoms with E-state index in [1.807, 2.05) is 0 Å². The second kappa shape index (κ2) is 6.32. The van der Waals surface area contributed by atoms with Crippen LogP contribution in [0.2, 0.25) is 10.0 Å². The first-order valence-corrected chi connectivity index (χ1v) is 7.12. The van der Waals surface area contributed by atoms with Crippen molar-refractivity contribution >= 4 is 50.8 Å². The summed E-state index contributed by atoms with van der Waals surface area (Å²) in [5.74, 6) is 0.148. The summed E-state index contributed by atoms with van der Waals surface area (Å²) >= 11 is 15.0. The zero-order valence-electron chi connectivity index (χ0n) is 10.1. The molecule has 0 radical (unpaired) electrons. The third kappa shape index (κ3) is 3.34. The van der Waals surface area contributed by atoms with Crippen molar-refractivity contribution in [2.75, 3.05) is 0 Å². The normalized spacial score (nSPS) is 11.2. The average molecular weight is 369 g/mol. The summed E-state index contributed by atoms with van der Waals surface area (Å²) < 4.78 is 0.567. The Morgan fingerprint density at radius 1 is 1.15 bits per heavy atom. The number of hydrogen-bond donors (Lipinski definition) is 1. The van der Waals surface area contributed by atoms with Crippen LogP contribution in [-0.2, 0) is 0 Å². The van der Waals surface area contributed by atoms with Gasteiger partial charge in [-0.2, -0.15) is 5.26 Å². The molecule has 1 N–H and O–H groups in total. The molecular formula is C15H8BrCl2NO. The standard InChI is InChI=1S/C15H8BrCl2NO/c16-12-6-9(1-4-15(12)20)5-11(8-19)10-2-3-13(17)14(18)7-10/h1-7,20H/b11-5-. The number of nitrogens with zero attached hydrogens (tertiary/aromatic N) is 1. The van der Waals surface area contributed by atoms with Crippen LogP contribution in [0, 0.1) is 11.3 Å². The molecule has 0 saturated heterocycles. The van der Waals surface area contributed by atoms with Gasteiger partial charge in [0.05, 0.1) is 26.2 Å². The molecular weight excluding hydrogens is 361 g/mol. The Labute approximate surface area is 135 Å². The molecule has 0 amide bonds. The van der Waals surface area contributed by atoms with Crippen LogP contribution >= 0.6 is 39.1 Å². The number of allylic oxidation sites excluding steroid dienone is 1. The molecule has 2 nitrogen and oxygen atoms in total. The highest BCUT2D eigenvalue weighted by molar-refractivity contribution is 9.10. The van der Waals surface area contributed by atoms with Gasteiger partial charge in [-0.3, -0.25) is 0 Å². The van der Waals surface area contributed by atoms with E-state index >= 15 is 0 Å². The molecule has 0 saturated carbocycles. The van der Waals surface area contributed by atoms with Crippen LogP contribution in [-0.4, -0.2) is 5.11 Å². The summed E-state index contributed by atoms with van der Waals surface area (Å²) in [4.78, 5) is 0. The predicted octanol–water partition coefficient (Wildman–Crippen LogP) is 5.53. The van der Waals surface area contributed by atoms with Crippen LogP contribution in [0.1, 0.15) is 11.1 Å². The van der Waals surface area contributed by atoms with Gasteiger partial charge in [0.15, 0.2) is 0 Å². The lowest BCUT2D eigenvalue weighted by molar-refractivity contribution is 0.472. The van der Waals surface area contributed by atoms with Gasteiger partial charge in [0.25, 0.3) is 0 Å². The monoisotopic (exact) mass is 367 g/mol. The molecule has 0 fully saturated rings. The Balaban J connectivity index is 2.46. The summed E-state index contributed by atoms with van der Waals surface area (Å²) in [6, 6.07) is 12.2. The molecule has 0 aromatic heterocycles. The third-order valence-corrected chi connectivity index (χ3v) is 4.01. The molecule has 0 aliphatic rings. The van der Waals surface area contributed by atoms with Gasteiger partial charge in [-0.1, -0.05) is 35.3 Å². The first-order valence-electron chi connectivity index (χ1n) is 5.57. The minimum Gasteiger partial charge on any atom is -0.507 e. The first kappa shape index (κ1) is 14.9. The second-order valence-corrected chi connectivity index (χ2v) is 5.68. The fourth-order valence-electron chi connectivity index (χ4n) is 1.62. The van der Waals surface area contributed by atoms with E-state index in [2.05, 4.69) is 22.0 Å². The van der Waals surface area contributed by atoms with E-state index in [0.717, 1.165) is 5.56 Å². The van der Waals surface area contributed by atoms with Gasteiger partial charge < -0.3 is 5.11 Å². The van der Waals surface area contributed by atoms with Crippen LogP contribution in [0.25, 0.3) is 11.6 Å². The van der Waals surface area contributed by atoms with E-state index in [4.69, 9.17) is 23.2 Å². The molecule has 2 rings (SSSR count). The summed E-state index contributed by atoms with van der Waals surface area (Å²) in [7, 11) is 0. The first-order chi connectivity index (χ1) is 9.51. The SMILES string of the molecule is N#C/C(=C/c1ccc(O)c(Br)c1)c1ccc(Cl)c(Cl)c1. The third-order valence-electron chi connectivity index (χ3n) is 2.63. The summed E-state index contributed by atoms with van der Waals surface area (Å²) in [5.41, 5.74) is 1.93. The summed E-state index contributed by atoms with van der Waals surface area (Å²) in [5, 5.41) is 19.6. The van der Waals surface area contributed by atoms with Crippen molar-refractivity contribution in [3.05, 3.63) is 62.0 Å². The van der Waals surface area contributed by atoms with E-state index in [1.54, 1.807) is 42.5 Å². The lowest BCUT2D eigenvalue weighted by Gasteiger charge is -2.03. The van der Waals surface area contributed by atoms with Crippen molar-refractivity contribution in [1.29, 1.82) is 5.26 Å². The van der Waals surface area contributed by atoms with Gasteiger partial charge in [-0.15, -0.1) is 0 Å². The number of nitriles is 1. The fourth-order valence-corrected chi connectivity index (χ4v) is 2.32. The molecule has 100 valence electrons. The summed E-state index contributed by atoms with van der Waals surface area (Å²) in [6.45, 7) is 0. The van der Waals surface area contributed by atoms with Gasteiger partial charge in [-0.25, -0.2) is 0 Å². The zero-order chi connectivity index (χ0) is 14.7. The lowest BCUT2D eigenvalue weighted by atomic mass is 10.0. The number of halogens is 3. The molecule has 5 heteroatoms. The number of benzene rings is 2. The minimum atomic E-state index is 0.148. The molecule has 0 atom stereocenters. The molecule has 0 aliphatic carbocycles. The zero-order valence-corrected chi connectivity index (χ0v) is 13.2. The smallest absolute Gasteiger partial charge is 0.129 e. The molecule has 0 bridgehead atoms. The summed E-state index contributed by atoms with van der Waals surface area (Å²) in [6.07, 6.45) is 1.71. The van der Waals surface area contributed by atoms with E-state index in [-0.39, 0.29) is 5.75 Å². The highest BCUT2D eigenvalue weighted by Gasteiger charge is 2.05. The maximum atomic E-state index is 9.45. The molecule has 20 heavy (non-hydrogen) atoms. The van der Waals surface area contributed by atoms with Crippen molar-refractivity contribution in [3.63, 3.8) is 0 Å². The van der Waals surface area contributed by atoms with Gasteiger partial charge in [0.2, 0.25) is 0 Å². The van der Waals surface area contributed by atoms with Crippen molar-refractivity contribution in [1.82, 2.24) is 0 Å². The maximum Gasteiger partial charge on any atom is 0.129 e. The van der Waals surface area contributed by atoms with E-state index < -0.39 is 0 Å². The topological polar surface area (TPSA) is 44.0 Å². The van der Waals surface area contributed by atoms with E-state index in [0.29, 0.717) is 25.7 Å². The van der Waals surface area contributed by atoms with Crippen molar-refractivity contribution in [2.24, 2.45) is 0 Å². The van der Waals surface area contributed by atoms with Gasteiger partial charge >= 0.3 is 0 Å². The van der Waals surface area contributed by atoms with E-state index in [1.165, 1.54) is 0 Å². The van der Waals surface area contributed by atoms with Gasteiger partial charge in [0, 0.05) is 0 Å².